The molecule has 0 aliphatic carbocycles. The van der Waals surface area contributed by atoms with E-state index in [-0.39, 0.29) is 12.4 Å². The molecular formula is C12H25N3O4. The summed E-state index contributed by atoms with van der Waals surface area (Å²) >= 11 is 0. The number of carboxylic acids is 1. The fourth-order valence-corrected chi connectivity index (χ4v) is 0.796. The van der Waals surface area contributed by atoms with Crippen LogP contribution in [-0.4, -0.2) is 45.8 Å². The van der Waals surface area contributed by atoms with Gasteiger partial charge in [0.05, 0.1) is 23.2 Å². The summed E-state index contributed by atoms with van der Waals surface area (Å²) in [6, 6.07) is 0. The van der Waals surface area contributed by atoms with E-state index in [1.165, 1.54) is 0 Å². The molecule has 7 heteroatoms. The summed E-state index contributed by atoms with van der Waals surface area (Å²) in [7, 11) is 1.87. The van der Waals surface area contributed by atoms with Crippen LogP contribution >= 0.6 is 0 Å². The molecule has 0 aromatic carbocycles. The van der Waals surface area contributed by atoms with Crippen molar-refractivity contribution >= 4 is 11.7 Å². The number of aliphatic hydroxyl groups is 1. The first kappa shape index (κ1) is 19.7. The van der Waals surface area contributed by atoms with Crippen LogP contribution in [-0.2, 0) is 9.53 Å². The molecule has 0 fully saturated rings. The Kier molecular flexibility index (Phi) is 10.7. The van der Waals surface area contributed by atoms with E-state index >= 15 is 0 Å². The van der Waals surface area contributed by atoms with Crippen LogP contribution in [0.2, 0.25) is 0 Å². The molecule has 0 amide bonds. The highest BCUT2D eigenvalue weighted by molar-refractivity contribution is 5.62. The predicted octanol–water partition coefficient (Wildman–Crippen LogP) is 1.60. The number of aromatic nitrogens is 2. The van der Waals surface area contributed by atoms with Crippen molar-refractivity contribution in [3.05, 3.63) is 11.9 Å². The lowest BCUT2D eigenvalue weighted by molar-refractivity contribution is -0.134. The fourth-order valence-electron chi connectivity index (χ4n) is 0.796. The number of aliphatic carboxylic acids is 1. The Morgan fingerprint density at radius 2 is 2.00 bits per heavy atom. The van der Waals surface area contributed by atoms with Gasteiger partial charge >= 0.3 is 0 Å². The van der Waals surface area contributed by atoms with Gasteiger partial charge in [-0.25, -0.2) is 0 Å². The Morgan fingerprint density at radius 1 is 1.53 bits per heavy atom. The van der Waals surface area contributed by atoms with Crippen molar-refractivity contribution in [2.45, 2.75) is 40.2 Å². The molecule has 1 aromatic heterocycles. The summed E-state index contributed by atoms with van der Waals surface area (Å²) < 4.78 is 4.78. The lowest BCUT2D eigenvalue weighted by Gasteiger charge is -2.16. The van der Waals surface area contributed by atoms with Crippen LogP contribution < -0.4 is 5.32 Å². The van der Waals surface area contributed by atoms with E-state index in [0.29, 0.717) is 0 Å². The number of aliphatic hydroxyl groups excluding tert-OH is 1. The summed E-state index contributed by atoms with van der Waals surface area (Å²) in [6.07, 6.45) is 1.76. The average molecular weight is 275 g/mol. The fraction of sp³-hybridized carbons (Fsp3) is 0.667. The Morgan fingerprint density at radius 3 is 2.11 bits per heavy atom. The number of nitrogens with zero attached hydrogens (tertiary/aromatic N) is 1. The lowest BCUT2D eigenvalue weighted by Crippen LogP contribution is -2.19. The molecule has 0 saturated carbocycles. The second-order valence-electron chi connectivity index (χ2n) is 4.56. The molecule has 0 aliphatic heterocycles. The van der Waals surface area contributed by atoms with Gasteiger partial charge in [0.1, 0.15) is 6.79 Å². The van der Waals surface area contributed by atoms with Gasteiger partial charge in [-0.15, -0.1) is 0 Å². The number of nitrogens with one attached hydrogen (secondary N) is 2. The number of aromatic amines is 1. The number of carboxylic acid groups (broad SMARTS) is 1. The first-order valence-corrected chi connectivity index (χ1v) is 5.76. The highest BCUT2D eigenvalue weighted by Gasteiger charge is 2.07. The van der Waals surface area contributed by atoms with Crippen LogP contribution in [0.1, 0.15) is 33.4 Å². The molecule has 1 rings (SSSR count). The van der Waals surface area contributed by atoms with E-state index in [9.17, 15) is 0 Å². The van der Waals surface area contributed by atoms with Gasteiger partial charge in [-0.1, -0.05) is 0 Å². The molecule has 1 heterocycles. The maximum Gasteiger partial charge on any atom is 0.300 e. The molecule has 0 radical (unpaired) electrons. The van der Waals surface area contributed by atoms with Crippen molar-refractivity contribution in [3.8, 4) is 0 Å². The van der Waals surface area contributed by atoms with Crippen LogP contribution in [0.5, 0.6) is 0 Å². The van der Waals surface area contributed by atoms with Gasteiger partial charge in [0.25, 0.3) is 5.97 Å². The smallest absolute Gasteiger partial charge is 0.300 e. The summed E-state index contributed by atoms with van der Waals surface area (Å²) in [5.41, 5.74) is 1.94. The summed E-state index contributed by atoms with van der Waals surface area (Å²) in [5.74, 6) is -0.833. The van der Waals surface area contributed by atoms with Crippen LogP contribution in [0.3, 0.4) is 0 Å². The minimum Gasteiger partial charge on any atom is -0.481 e. The molecule has 19 heavy (non-hydrogen) atoms. The SMILES string of the molecule is CC(=O)O.CC(C)(C)OCO.CNc1cn[nH]c1C. The van der Waals surface area contributed by atoms with Gasteiger partial charge in [-0.3, -0.25) is 9.89 Å². The molecule has 0 aliphatic rings. The number of H-pyrrole nitrogens is 1. The summed E-state index contributed by atoms with van der Waals surface area (Å²) in [5, 5.41) is 25.2. The highest BCUT2D eigenvalue weighted by atomic mass is 16.6. The van der Waals surface area contributed by atoms with E-state index in [2.05, 4.69) is 15.5 Å². The number of rotatable bonds is 2. The van der Waals surface area contributed by atoms with Crippen molar-refractivity contribution in [3.63, 3.8) is 0 Å². The van der Waals surface area contributed by atoms with E-state index in [1.807, 2.05) is 34.7 Å². The zero-order valence-electron chi connectivity index (χ0n) is 12.4. The highest BCUT2D eigenvalue weighted by Crippen LogP contribution is 2.06. The van der Waals surface area contributed by atoms with Gasteiger partial charge in [0.2, 0.25) is 0 Å². The lowest BCUT2D eigenvalue weighted by atomic mass is 10.2. The second-order valence-corrected chi connectivity index (χ2v) is 4.56. The van der Waals surface area contributed by atoms with Crippen LogP contribution in [0.25, 0.3) is 0 Å². The molecule has 0 unspecified atom stereocenters. The quantitative estimate of drug-likeness (QED) is 0.611. The molecule has 1 aromatic rings. The number of aryl methyl sites for hydroxylation is 1. The first-order valence-electron chi connectivity index (χ1n) is 5.76. The third-order valence-corrected chi connectivity index (χ3v) is 1.60. The molecule has 4 N–H and O–H groups in total. The average Bonchev–Trinajstić information content (AvgIpc) is 2.62. The Balaban J connectivity index is 0. The molecule has 0 atom stereocenters. The van der Waals surface area contributed by atoms with Gasteiger partial charge in [-0.2, -0.15) is 5.10 Å². The van der Waals surface area contributed by atoms with Crippen molar-refractivity contribution in [1.82, 2.24) is 10.2 Å². The normalized spacial score (nSPS) is 9.63. The number of hydrogen-bond acceptors (Lipinski definition) is 5. The van der Waals surface area contributed by atoms with Gasteiger partial charge in [0, 0.05) is 14.0 Å². The van der Waals surface area contributed by atoms with Crippen molar-refractivity contribution < 1.29 is 19.7 Å². The molecule has 0 spiro atoms. The predicted molar refractivity (Wildman–Crippen MR) is 74.1 cm³/mol. The van der Waals surface area contributed by atoms with Gasteiger partial charge < -0.3 is 20.3 Å². The summed E-state index contributed by atoms with van der Waals surface area (Å²) in [4.78, 5) is 9.00. The maximum atomic E-state index is 9.00. The number of hydrogen-bond donors (Lipinski definition) is 4. The Hall–Kier alpha value is -1.60. The zero-order valence-corrected chi connectivity index (χ0v) is 12.4. The molecular weight excluding hydrogens is 250 g/mol. The maximum absolute atomic E-state index is 9.00. The third kappa shape index (κ3) is 16.4. The van der Waals surface area contributed by atoms with E-state index in [1.54, 1.807) is 6.20 Å². The Bertz CT molecular complexity index is 341. The second kappa shape index (κ2) is 10.3. The minimum atomic E-state index is -0.833. The minimum absolute atomic E-state index is 0.191. The summed E-state index contributed by atoms with van der Waals surface area (Å²) in [6.45, 7) is 8.54. The van der Waals surface area contributed by atoms with Crippen LogP contribution in [0.4, 0.5) is 5.69 Å². The number of carbonyl (C=O) groups is 1. The standard InChI is InChI=1S/C5H9N3.C5H12O2.C2H4O2/c1-4-5(6-2)3-7-8-4;1-5(2,3)7-4-6;1-2(3)4/h3,6H,1-2H3,(H,7,8);6H,4H2,1-3H3;1H3,(H,3,4). The van der Waals surface area contributed by atoms with E-state index in [0.717, 1.165) is 18.3 Å². The molecule has 0 bridgehead atoms. The molecule has 0 saturated heterocycles. The topological polar surface area (TPSA) is 107 Å². The molecule has 112 valence electrons. The van der Waals surface area contributed by atoms with Crippen molar-refractivity contribution in [2.75, 3.05) is 19.2 Å². The number of anilines is 1. The van der Waals surface area contributed by atoms with Gasteiger partial charge in [-0.05, 0) is 27.7 Å². The molecule has 7 nitrogen and oxygen atoms in total. The monoisotopic (exact) mass is 275 g/mol. The zero-order chi connectivity index (χ0) is 15.5. The Labute approximate surface area is 114 Å². The first-order chi connectivity index (χ1) is 8.64. The van der Waals surface area contributed by atoms with Gasteiger partial charge in [0.15, 0.2) is 0 Å². The largest absolute Gasteiger partial charge is 0.481 e. The van der Waals surface area contributed by atoms with Crippen LogP contribution in [0, 0.1) is 6.92 Å². The third-order valence-electron chi connectivity index (χ3n) is 1.60. The van der Waals surface area contributed by atoms with E-state index in [4.69, 9.17) is 19.7 Å². The number of ether oxygens (including phenoxy) is 1. The van der Waals surface area contributed by atoms with Crippen LogP contribution in [0.15, 0.2) is 6.20 Å². The van der Waals surface area contributed by atoms with Crippen molar-refractivity contribution in [2.24, 2.45) is 0 Å². The van der Waals surface area contributed by atoms with E-state index < -0.39 is 5.97 Å². The van der Waals surface area contributed by atoms with Crippen molar-refractivity contribution in [1.29, 1.82) is 0 Å².